The molecule has 0 bridgehead atoms. The Morgan fingerprint density at radius 2 is 2.23 bits per heavy atom. The van der Waals surface area contributed by atoms with Crippen LogP contribution in [0.4, 0.5) is 5.69 Å². The number of hydrogen-bond acceptors (Lipinski definition) is 4. The zero-order chi connectivity index (χ0) is 15.9. The van der Waals surface area contributed by atoms with Gasteiger partial charge in [0.05, 0.1) is 6.61 Å². The molecule has 1 amide bonds. The summed E-state index contributed by atoms with van der Waals surface area (Å²) in [4.78, 5) is 16.4. The number of anilines is 1. The standard InChI is InChI=1S/C17H22N2O3/c1-4-11-21-15-8-6-14(7-9-15)18(3)17(20)16-13-19(5-2)10-12-22-16/h1,6-9,16H,5,10-13H2,2-3H3. The highest BCUT2D eigenvalue weighted by atomic mass is 16.5. The predicted octanol–water partition coefficient (Wildman–Crippen LogP) is 1.38. The van der Waals surface area contributed by atoms with Crippen molar-refractivity contribution in [1.29, 1.82) is 0 Å². The molecule has 0 radical (unpaired) electrons. The first kappa shape index (κ1) is 16.3. The summed E-state index contributed by atoms with van der Waals surface area (Å²) < 4.78 is 10.9. The van der Waals surface area contributed by atoms with Crippen LogP contribution in [0.15, 0.2) is 24.3 Å². The molecule has 0 saturated carbocycles. The molecule has 1 aromatic carbocycles. The first-order valence-electron chi connectivity index (χ1n) is 7.43. The van der Waals surface area contributed by atoms with E-state index in [1.165, 1.54) is 0 Å². The third-order valence-corrected chi connectivity index (χ3v) is 3.75. The van der Waals surface area contributed by atoms with Gasteiger partial charge in [-0.05, 0) is 30.8 Å². The average molecular weight is 302 g/mol. The molecule has 1 fully saturated rings. The summed E-state index contributed by atoms with van der Waals surface area (Å²) in [6.45, 7) is 5.37. The lowest BCUT2D eigenvalue weighted by molar-refractivity contribution is -0.135. The normalized spacial score (nSPS) is 18.5. The van der Waals surface area contributed by atoms with Crippen LogP contribution in [-0.4, -0.2) is 56.8 Å². The van der Waals surface area contributed by atoms with Gasteiger partial charge in [0, 0.05) is 25.8 Å². The van der Waals surface area contributed by atoms with E-state index < -0.39 is 6.10 Å². The molecule has 1 unspecified atom stereocenters. The van der Waals surface area contributed by atoms with Crippen molar-refractivity contribution in [3.05, 3.63) is 24.3 Å². The van der Waals surface area contributed by atoms with Crippen molar-refractivity contribution in [2.24, 2.45) is 0 Å². The van der Waals surface area contributed by atoms with E-state index in [0.29, 0.717) is 18.9 Å². The molecule has 1 heterocycles. The lowest BCUT2D eigenvalue weighted by Gasteiger charge is -2.33. The summed E-state index contributed by atoms with van der Waals surface area (Å²) in [5.41, 5.74) is 0.801. The van der Waals surface area contributed by atoms with Gasteiger partial charge in [0.25, 0.3) is 5.91 Å². The molecule has 0 aromatic heterocycles. The van der Waals surface area contributed by atoms with E-state index in [0.717, 1.165) is 18.8 Å². The molecule has 22 heavy (non-hydrogen) atoms. The number of carbonyl (C=O) groups is 1. The summed E-state index contributed by atoms with van der Waals surface area (Å²) in [5, 5.41) is 0. The fraction of sp³-hybridized carbons (Fsp3) is 0.471. The number of nitrogens with zero attached hydrogens (tertiary/aromatic N) is 2. The fourth-order valence-corrected chi connectivity index (χ4v) is 2.37. The maximum atomic E-state index is 12.5. The van der Waals surface area contributed by atoms with E-state index in [4.69, 9.17) is 15.9 Å². The topological polar surface area (TPSA) is 42.0 Å². The monoisotopic (exact) mass is 302 g/mol. The Morgan fingerprint density at radius 1 is 1.50 bits per heavy atom. The molecule has 118 valence electrons. The third-order valence-electron chi connectivity index (χ3n) is 3.75. The molecule has 0 aliphatic carbocycles. The van der Waals surface area contributed by atoms with Gasteiger partial charge in [0.2, 0.25) is 0 Å². The zero-order valence-corrected chi connectivity index (χ0v) is 13.1. The van der Waals surface area contributed by atoms with E-state index >= 15 is 0 Å². The first-order chi connectivity index (χ1) is 10.7. The highest BCUT2D eigenvalue weighted by Crippen LogP contribution is 2.20. The van der Waals surface area contributed by atoms with E-state index in [-0.39, 0.29) is 12.5 Å². The minimum absolute atomic E-state index is 0.0320. The van der Waals surface area contributed by atoms with Gasteiger partial charge < -0.3 is 14.4 Å². The fourth-order valence-electron chi connectivity index (χ4n) is 2.37. The Labute approximate surface area is 131 Å². The average Bonchev–Trinajstić information content (AvgIpc) is 2.59. The molecule has 1 saturated heterocycles. The summed E-state index contributed by atoms with van der Waals surface area (Å²) >= 11 is 0. The number of terminal acetylenes is 1. The molecule has 0 spiro atoms. The number of ether oxygens (including phenoxy) is 2. The van der Waals surface area contributed by atoms with Crippen molar-refractivity contribution in [2.45, 2.75) is 13.0 Å². The van der Waals surface area contributed by atoms with Crippen molar-refractivity contribution in [3.8, 4) is 18.1 Å². The van der Waals surface area contributed by atoms with E-state index in [1.807, 2.05) is 12.1 Å². The van der Waals surface area contributed by atoms with Gasteiger partial charge in [-0.15, -0.1) is 6.42 Å². The van der Waals surface area contributed by atoms with E-state index in [9.17, 15) is 4.79 Å². The minimum atomic E-state index is -0.406. The van der Waals surface area contributed by atoms with Crippen LogP contribution < -0.4 is 9.64 Å². The van der Waals surface area contributed by atoms with Crippen LogP contribution in [0.5, 0.6) is 5.75 Å². The van der Waals surface area contributed by atoms with Gasteiger partial charge in [-0.1, -0.05) is 12.8 Å². The summed E-state index contributed by atoms with van der Waals surface area (Å²) in [6.07, 6.45) is 4.75. The largest absolute Gasteiger partial charge is 0.481 e. The van der Waals surface area contributed by atoms with Crippen molar-refractivity contribution in [3.63, 3.8) is 0 Å². The first-order valence-corrected chi connectivity index (χ1v) is 7.43. The molecule has 5 nitrogen and oxygen atoms in total. The van der Waals surface area contributed by atoms with Crippen LogP contribution in [0.1, 0.15) is 6.92 Å². The van der Waals surface area contributed by atoms with Crippen molar-refractivity contribution in [1.82, 2.24) is 4.90 Å². The van der Waals surface area contributed by atoms with Crippen LogP contribution in [0.25, 0.3) is 0 Å². The number of carbonyl (C=O) groups excluding carboxylic acids is 1. The molecule has 1 aromatic rings. The zero-order valence-electron chi connectivity index (χ0n) is 13.1. The summed E-state index contributed by atoms with van der Waals surface area (Å²) in [7, 11) is 1.76. The smallest absolute Gasteiger partial charge is 0.257 e. The Hall–Kier alpha value is -2.03. The number of rotatable bonds is 5. The maximum absolute atomic E-state index is 12.5. The number of benzene rings is 1. The van der Waals surface area contributed by atoms with Crippen molar-refractivity contribution in [2.75, 3.05) is 44.8 Å². The van der Waals surface area contributed by atoms with Gasteiger partial charge in [0.15, 0.2) is 0 Å². The van der Waals surface area contributed by atoms with Crippen molar-refractivity contribution < 1.29 is 14.3 Å². The minimum Gasteiger partial charge on any atom is -0.481 e. The summed E-state index contributed by atoms with van der Waals surface area (Å²) in [6, 6.07) is 7.28. The SMILES string of the molecule is C#CCOc1ccc(N(C)C(=O)C2CN(CC)CCO2)cc1. The Morgan fingerprint density at radius 3 is 2.86 bits per heavy atom. The summed E-state index contributed by atoms with van der Waals surface area (Å²) in [5.74, 6) is 3.07. The highest BCUT2D eigenvalue weighted by Gasteiger charge is 2.28. The van der Waals surface area contributed by atoms with Crippen LogP contribution in [-0.2, 0) is 9.53 Å². The van der Waals surface area contributed by atoms with Crippen molar-refractivity contribution >= 4 is 11.6 Å². The number of amides is 1. The van der Waals surface area contributed by atoms with Gasteiger partial charge in [-0.25, -0.2) is 0 Å². The Bertz CT molecular complexity index is 536. The van der Waals surface area contributed by atoms with Crippen LogP contribution in [0, 0.1) is 12.3 Å². The van der Waals surface area contributed by atoms with E-state index in [1.54, 1.807) is 24.1 Å². The molecule has 1 aliphatic rings. The van der Waals surface area contributed by atoms with Crippen LogP contribution in [0.3, 0.4) is 0 Å². The van der Waals surface area contributed by atoms with Crippen LogP contribution in [0.2, 0.25) is 0 Å². The molecular weight excluding hydrogens is 280 g/mol. The second-order valence-electron chi connectivity index (χ2n) is 5.14. The van der Waals surface area contributed by atoms with Gasteiger partial charge >= 0.3 is 0 Å². The van der Waals surface area contributed by atoms with Gasteiger partial charge in [0.1, 0.15) is 18.5 Å². The second-order valence-corrected chi connectivity index (χ2v) is 5.14. The quantitative estimate of drug-likeness (QED) is 0.771. The maximum Gasteiger partial charge on any atom is 0.257 e. The number of likely N-dealkylation sites (N-methyl/N-ethyl adjacent to an activating group) is 2. The molecule has 1 atom stereocenters. The second kappa shape index (κ2) is 7.83. The van der Waals surface area contributed by atoms with Crippen LogP contribution >= 0.6 is 0 Å². The Kier molecular flexibility index (Phi) is 5.82. The molecule has 2 rings (SSSR count). The lowest BCUT2D eigenvalue weighted by atomic mass is 10.2. The third kappa shape index (κ3) is 4.00. The highest BCUT2D eigenvalue weighted by molar-refractivity contribution is 5.96. The molecular formula is C17H22N2O3. The molecule has 0 N–H and O–H groups in total. The van der Waals surface area contributed by atoms with E-state index in [2.05, 4.69) is 17.7 Å². The Balaban J connectivity index is 1.99. The lowest BCUT2D eigenvalue weighted by Crippen LogP contribution is -2.50. The van der Waals surface area contributed by atoms with Gasteiger partial charge in [-0.3, -0.25) is 9.69 Å². The molecule has 1 aliphatic heterocycles. The number of morpholine rings is 1. The number of hydrogen-bond donors (Lipinski definition) is 0. The predicted molar refractivity (Wildman–Crippen MR) is 86.0 cm³/mol. The van der Waals surface area contributed by atoms with Gasteiger partial charge in [-0.2, -0.15) is 0 Å². The molecule has 5 heteroatoms.